The molecule has 1 N–H and O–H groups in total. The van der Waals surface area contributed by atoms with Gasteiger partial charge in [-0.1, -0.05) is 0 Å². The van der Waals surface area contributed by atoms with Gasteiger partial charge in [-0.05, 0) is 37.9 Å². The predicted molar refractivity (Wildman–Crippen MR) is 61.9 cm³/mol. The summed E-state index contributed by atoms with van der Waals surface area (Å²) >= 11 is 6.40. The topological polar surface area (TPSA) is 55.8 Å². The molecular formula is C9H8Br2O4. The van der Waals surface area contributed by atoms with Crippen LogP contribution < -0.4 is 9.47 Å². The Bertz CT molecular complexity index is 404. The van der Waals surface area contributed by atoms with Gasteiger partial charge in [-0.15, -0.1) is 0 Å². The first-order valence-corrected chi connectivity index (χ1v) is 5.44. The van der Waals surface area contributed by atoms with Gasteiger partial charge in [0, 0.05) is 4.47 Å². The molecule has 4 nitrogen and oxygen atoms in total. The highest BCUT2D eigenvalue weighted by molar-refractivity contribution is 9.13. The third-order valence-corrected chi connectivity index (χ3v) is 3.76. The molecule has 0 amide bonds. The normalized spacial score (nSPS) is 9.87. The fraction of sp³-hybridized carbons (Fsp3) is 0.222. The van der Waals surface area contributed by atoms with Gasteiger partial charge in [0.25, 0.3) is 0 Å². The molecule has 0 spiro atoms. The van der Waals surface area contributed by atoms with Crippen molar-refractivity contribution in [3.05, 3.63) is 20.6 Å². The summed E-state index contributed by atoms with van der Waals surface area (Å²) in [6.45, 7) is 0. The van der Waals surface area contributed by atoms with Crippen LogP contribution >= 0.6 is 31.9 Å². The summed E-state index contributed by atoms with van der Waals surface area (Å²) in [5, 5.41) is 9.04. The van der Waals surface area contributed by atoms with E-state index >= 15 is 0 Å². The van der Waals surface area contributed by atoms with E-state index in [-0.39, 0.29) is 11.3 Å². The van der Waals surface area contributed by atoms with Crippen LogP contribution in [0.2, 0.25) is 0 Å². The Morgan fingerprint density at radius 3 is 2.33 bits per heavy atom. The van der Waals surface area contributed by atoms with E-state index < -0.39 is 5.97 Å². The van der Waals surface area contributed by atoms with E-state index in [0.717, 1.165) is 0 Å². The van der Waals surface area contributed by atoms with Crippen LogP contribution in [0.1, 0.15) is 10.4 Å². The number of rotatable bonds is 3. The van der Waals surface area contributed by atoms with Crippen LogP contribution in [0, 0.1) is 0 Å². The SMILES string of the molecule is COc1cc(Br)c(Br)c(C(=O)O)c1OC. The van der Waals surface area contributed by atoms with Crippen LogP contribution in [-0.4, -0.2) is 25.3 Å². The molecule has 0 fully saturated rings. The first-order valence-electron chi connectivity index (χ1n) is 3.86. The zero-order valence-electron chi connectivity index (χ0n) is 8.01. The molecule has 0 aromatic heterocycles. The van der Waals surface area contributed by atoms with E-state index in [4.69, 9.17) is 14.6 Å². The number of carboxylic acids is 1. The Balaban J connectivity index is 3.56. The molecule has 0 saturated carbocycles. The van der Waals surface area contributed by atoms with Crippen molar-refractivity contribution in [2.24, 2.45) is 0 Å². The summed E-state index contributed by atoms with van der Waals surface area (Å²) in [6.07, 6.45) is 0. The first kappa shape index (κ1) is 12.3. The Labute approximate surface area is 103 Å². The van der Waals surface area contributed by atoms with Crippen LogP contribution in [0.25, 0.3) is 0 Å². The minimum atomic E-state index is -1.08. The van der Waals surface area contributed by atoms with Gasteiger partial charge in [-0.25, -0.2) is 4.79 Å². The Morgan fingerprint density at radius 1 is 1.33 bits per heavy atom. The molecule has 0 bridgehead atoms. The fourth-order valence-corrected chi connectivity index (χ4v) is 2.00. The maximum absolute atomic E-state index is 11.0. The first-order chi connectivity index (χ1) is 7.02. The number of halogens is 2. The summed E-state index contributed by atoms with van der Waals surface area (Å²) in [7, 11) is 2.84. The third kappa shape index (κ3) is 2.26. The van der Waals surface area contributed by atoms with E-state index in [9.17, 15) is 4.79 Å². The minimum absolute atomic E-state index is 0.0312. The molecule has 82 valence electrons. The molecule has 0 aliphatic heterocycles. The van der Waals surface area contributed by atoms with Gasteiger partial charge in [0.05, 0.1) is 18.7 Å². The van der Waals surface area contributed by atoms with Crippen LogP contribution in [0.15, 0.2) is 15.0 Å². The molecule has 15 heavy (non-hydrogen) atoms. The molecule has 0 unspecified atom stereocenters. The van der Waals surface area contributed by atoms with Crippen molar-refractivity contribution in [1.82, 2.24) is 0 Å². The highest BCUT2D eigenvalue weighted by atomic mass is 79.9. The second-order valence-corrected chi connectivity index (χ2v) is 4.24. The molecule has 0 radical (unpaired) electrons. The van der Waals surface area contributed by atoms with Gasteiger partial charge in [0.1, 0.15) is 5.56 Å². The largest absolute Gasteiger partial charge is 0.493 e. The molecule has 0 atom stereocenters. The average Bonchev–Trinajstić information content (AvgIpc) is 2.20. The summed E-state index contributed by atoms with van der Waals surface area (Å²) < 4.78 is 11.1. The second kappa shape index (κ2) is 4.85. The van der Waals surface area contributed by atoms with Crippen molar-refractivity contribution in [3.8, 4) is 11.5 Å². The molecule has 6 heteroatoms. The standard InChI is InChI=1S/C9H8Br2O4/c1-14-5-3-4(10)7(11)6(9(12)13)8(5)15-2/h3H,1-2H3,(H,12,13). The lowest BCUT2D eigenvalue weighted by molar-refractivity contribution is 0.0691. The number of methoxy groups -OCH3 is 2. The number of carboxylic acid groups (broad SMARTS) is 1. The minimum Gasteiger partial charge on any atom is -0.493 e. The summed E-state index contributed by atoms with van der Waals surface area (Å²) in [5.74, 6) is -0.525. The zero-order valence-corrected chi connectivity index (χ0v) is 11.2. The van der Waals surface area contributed by atoms with Gasteiger partial charge < -0.3 is 14.6 Å². The van der Waals surface area contributed by atoms with Gasteiger partial charge in [0.2, 0.25) is 0 Å². The average molecular weight is 340 g/mol. The van der Waals surface area contributed by atoms with Gasteiger partial charge in [0.15, 0.2) is 11.5 Å². The summed E-state index contributed by atoms with van der Waals surface area (Å²) in [5.41, 5.74) is 0.0312. The highest BCUT2D eigenvalue weighted by Gasteiger charge is 2.22. The van der Waals surface area contributed by atoms with Crippen molar-refractivity contribution in [2.75, 3.05) is 14.2 Å². The molecule has 1 aromatic rings. The molecule has 0 aliphatic rings. The van der Waals surface area contributed by atoms with E-state index in [1.807, 2.05) is 0 Å². The molecule has 1 rings (SSSR count). The Hall–Kier alpha value is -0.750. The lowest BCUT2D eigenvalue weighted by Gasteiger charge is -2.12. The lowest BCUT2D eigenvalue weighted by atomic mass is 10.2. The lowest BCUT2D eigenvalue weighted by Crippen LogP contribution is -2.04. The number of carbonyl (C=O) groups is 1. The quantitative estimate of drug-likeness (QED) is 0.919. The number of benzene rings is 1. The van der Waals surface area contributed by atoms with Gasteiger partial charge in [-0.3, -0.25) is 0 Å². The van der Waals surface area contributed by atoms with Gasteiger partial charge >= 0.3 is 5.97 Å². The fourth-order valence-electron chi connectivity index (χ4n) is 1.13. The monoisotopic (exact) mass is 338 g/mol. The van der Waals surface area contributed by atoms with Crippen LogP contribution in [0.5, 0.6) is 11.5 Å². The van der Waals surface area contributed by atoms with Crippen molar-refractivity contribution in [1.29, 1.82) is 0 Å². The number of hydrogen-bond acceptors (Lipinski definition) is 3. The summed E-state index contributed by atoms with van der Waals surface area (Å²) in [4.78, 5) is 11.0. The van der Waals surface area contributed by atoms with E-state index in [2.05, 4.69) is 31.9 Å². The van der Waals surface area contributed by atoms with E-state index in [1.165, 1.54) is 14.2 Å². The zero-order chi connectivity index (χ0) is 11.6. The second-order valence-electron chi connectivity index (χ2n) is 2.59. The molecule has 0 saturated heterocycles. The molecule has 1 aromatic carbocycles. The highest BCUT2D eigenvalue weighted by Crippen LogP contribution is 2.40. The molecular weight excluding hydrogens is 332 g/mol. The number of ether oxygens (including phenoxy) is 2. The summed E-state index contributed by atoms with van der Waals surface area (Å²) in [6, 6.07) is 1.63. The van der Waals surface area contributed by atoms with Gasteiger partial charge in [-0.2, -0.15) is 0 Å². The van der Waals surface area contributed by atoms with E-state index in [1.54, 1.807) is 6.07 Å². The van der Waals surface area contributed by atoms with Crippen LogP contribution in [0.3, 0.4) is 0 Å². The molecule has 0 aliphatic carbocycles. The van der Waals surface area contributed by atoms with Crippen LogP contribution in [0.4, 0.5) is 0 Å². The Kier molecular flexibility index (Phi) is 3.98. The predicted octanol–water partition coefficient (Wildman–Crippen LogP) is 2.93. The van der Waals surface area contributed by atoms with Crippen molar-refractivity contribution in [3.63, 3.8) is 0 Å². The molecule has 0 heterocycles. The maximum atomic E-state index is 11.0. The van der Waals surface area contributed by atoms with E-state index in [0.29, 0.717) is 14.7 Å². The smallest absolute Gasteiger partial charge is 0.340 e. The Morgan fingerprint density at radius 2 is 1.93 bits per heavy atom. The third-order valence-electron chi connectivity index (χ3n) is 1.78. The van der Waals surface area contributed by atoms with Crippen molar-refractivity contribution in [2.45, 2.75) is 0 Å². The van der Waals surface area contributed by atoms with Crippen molar-refractivity contribution < 1.29 is 19.4 Å². The van der Waals surface area contributed by atoms with Crippen molar-refractivity contribution >= 4 is 37.8 Å². The van der Waals surface area contributed by atoms with Crippen LogP contribution in [-0.2, 0) is 0 Å². The number of hydrogen-bond donors (Lipinski definition) is 1. The number of aromatic carboxylic acids is 1. The maximum Gasteiger partial charge on any atom is 0.340 e.